The van der Waals surface area contributed by atoms with E-state index in [0.29, 0.717) is 11.8 Å². The van der Waals surface area contributed by atoms with Gasteiger partial charge in [-0.3, -0.25) is 0 Å². The van der Waals surface area contributed by atoms with Crippen molar-refractivity contribution < 1.29 is 9.84 Å². The van der Waals surface area contributed by atoms with Crippen molar-refractivity contribution in [3.05, 3.63) is 53.9 Å². The third-order valence-corrected chi connectivity index (χ3v) is 3.20. The Kier molecular flexibility index (Phi) is 3.95. The molecule has 0 saturated heterocycles. The number of hydrogen-bond acceptors (Lipinski definition) is 3. The average Bonchev–Trinajstić information content (AvgIpc) is 2.38. The second-order valence-corrected chi connectivity index (χ2v) is 4.59. The van der Waals surface area contributed by atoms with E-state index in [0.717, 1.165) is 5.56 Å². The zero-order valence-electron chi connectivity index (χ0n) is 11.5. The van der Waals surface area contributed by atoms with Gasteiger partial charge in [-0.05, 0) is 43.7 Å². The number of hydrogen-bond donors (Lipinski definition) is 1. The SMILES string of the molecule is COc1ccc(/C=C/N2C(C)=CC=CC2C)cc1O. The van der Waals surface area contributed by atoms with Crippen LogP contribution < -0.4 is 4.74 Å². The van der Waals surface area contributed by atoms with Gasteiger partial charge in [0.25, 0.3) is 0 Å². The van der Waals surface area contributed by atoms with E-state index in [-0.39, 0.29) is 5.75 Å². The molecule has 19 heavy (non-hydrogen) atoms. The molecule has 0 radical (unpaired) electrons. The lowest BCUT2D eigenvalue weighted by molar-refractivity contribution is 0.373. The monoisotopic (exact) mass is 257 g/mol. The molecular formula is C16H19NO2. The summed E-state index contributed by atoms with van der Waals surface area (Å²) in [5.41, 5.74) is 2.14. The number of ether oxygens (including phenoxy) is 1. The van der Waals surface area contributed by atoms with Crippen molar-refractivity contribution in [2.45, 2.75) is 19.9 Å². The molecule has 1 aromatic rings. The summed E-state index contributed by atoms with van der Waals surface area (Å²) < 4.78 is 5.03. The molecule has 3 nitrogen and oxygen atoms in total. The van der Waals surface area contributed by atoms with Crippen molar-refractivity contribution in [2.75, 3.05) is 7.11 Å². The van der Waals surface area contributed by atoms with E-state index in [1.54, 1.807) is 19.2 Å². The summed E-state index contributed by atoms with van der Waals surface area (Å²) in [6.07, 6.45) is 10.3. The summed E-state index contributed by atoms with van der Waals surface area (Å²) in [6, 6.07) is 5.71. The van der Waals surface area contributed by atoms with E-state index in [1.807, 2.05) is 18.3 Å². The van der Waals surface area contributed by atoms with Crippen molar-refractivity contribution in [3.8, 4) is 11.5 Å². The van der Waals surface area contributed by atoms with Crippen molar-refractivity contribution in [1.82, 2.24) is 4.90 Å². The van der Waals surface area contributed by atoms with Gasteiger partial charge in [0.05, 0.1) is 7.11 Å². The lowest BCUT2D eigenvalue weighted by Crippen LogP contribution is -2.26. The number of phenols is 1. The zero-order chi connectivity index (χ0) is 13.8. The maximum absolute atomic E-state index is 9.74. The second-order valence-electron chi connectivity index (χ2n) is 4.59. The van der Waals surface area contributed by atoms with Crippen molar-refractivity contribution in [3.63, 3.8) is 0 Å². The molecule has 100 valence electrons. The number of methoxy groups -OCH3 is 1. The number of nitrogens with zero attached hydrogens (tertiary/aromatic N) is 1. The highest BCUT2D eigenvalue weighted by atomic mass is 16.5. The Labute approximate surface area is 114 Å². The van der Waals surface area contributed by atoms with E-state index < -0.39 is 0 Å². The molecule has 1 unspecified atom stereocenters. The molecule has 0 amide bonds. The highest BCUT2D eigenvalue weighted by Gasteiger charge is 2.10. The van der Waals surface area contributed by atoms with Crippen LogP contribution in [-0.2, 0) is 0 Å². The van der Waals surface area contributed by atoms with Crippen LogP contribution in [0.2, 0.25) is 0 Å². The summed E-state index contributed by atoms with van der Waals surface area (Å²) in [7, 11) is 1.54. The first-order valence-electron chi connectivity index (χ1n) is 6.30. The smallest absolute Gasteiger partial charge is 0.160 e. The standard InChI is InChI=1S/C16H19NO2/c1-12-5-4-6-13(2)17(12)10-9-14-7-8-16(19-3)15(18)11-14/h4-12,18H,1-3H3/b10-9+. The first-order valence-corrected chi connectivity index (χ1v) is 6.30. The van der Waals surface area contributed by atoms with Gasteiger partial charge < -0.3 is 14.7 Å². The molecule has 1 N–H and O–H groups in total. The van der Waals surface area contributed by atoms with E-state index in [4.69, 9.17) is 4.74 Å². The average molecular weight is 257 g/mol. The first kappa shape index (κ1) is 13.3. The lowest BCUT2D eigenvalue weighted by atomic mass is 10.1. The van der Waals surface area contributed by atoms with Gasteiger partial charge in [0, 0.05) is 17.9 Å². The van der Waals surface area contributed by atoms with Gasteiger partial charge in [-0.1, -0.05) is 18.2 Å². The first-order chi connectivity index (χ1) is 9.11. The third-order valence-electron chi connectivity index (χ3n) is 3.20. The molecule has 0 aliphatic carbocycles. The highest BCUT2D eigenvalue weighted by molar-refractivity contribution is 5.55. The van der Waals surface area contributed by atoms with Gasteiger partial charge in [0.1, 0.15) is 0 Å². The Hall–Kier alpha value is -2.16. The maximum atomic E-state index is 9.74. The minimum atomic E-state index is 0.156. The van der Waals surface area contributed by atoms with Crippen molar-refractivity contribution in [2.24, 2.45) is 0 Å². The van der Waals surface area contributed by atoms with Gasteiger partial charge in [-0.15, -0.1) is 0 Å². The fraction of sp³-hybridized carbons (Fsp3) is 0.250. The minimum absolute atomic E-state index is 0.156. The predicted octanol–water partition coefficient (Wildman–Crippen LogP) is 3.54. The Bertz CT molecular complexity index is 544. The zero-order valence-corrected chi connectivity index (χ0v) is 11.5. The lowest BCUT2D eigenvalue weighted by Gasteiger charge is -2.28. The molecule has 3 heteroatoms. The molecule has 0 spiro atoms. The molecule has 1 heterocycles. The normalized spacial score (nSPS) is 18.8. The van der Waals surface area contributed by atoms with Crippen LogP contribution in [-0.4, -0.2) is 23.2 Å². The van der Waals surface area contributed by atoms with Crippen LogP contribution in [0.25, 0.3) is 6.08 Å². The minimum Gasteiger partial charge on any atom is -0.504 e. The van der Waals surface area contributed by atoms with Crippen LogP contribution in [0.3, 0.4) is 0 Å². The van der Waals surface area contributed by atoms with Gasteiger partial charge >= 0.3 is 0 Å². The molecular weight excluding hydrogens is 238 g/mol. The quantitative estimate of drug-likeness (QED) is 0.899. The fourth-order valence-electron chi connectivity index (χ4n) is 2.09. The summed E-state index contributed by atoms with van der Waals surface area (Å²) in [5.74, 6) is 0.644. The van der Waals surface area contributed by atoms with Crippen LogP contribution in [0.1, 0.15) is 19.4 Å². The van der Waals surface area contributed by atoms with Crippen LogP contribution in [0.15, 0.2) is 48.3 Å². The highest BCUT2D eigenvalue weighted by Crippen LogP contribution is 2.27. The summed E-state index contributed by atoms with van der Waals surface area (Å²) in [4.78, 5) is 2.18. The molecule has 1 aromatic carbocycles. The topological polar surface area (TPSA) is 32.7 Å². The van der Waals surface area contributed by atoms with E-state index in [1.165, 1.54) is 5.70 Å². The molecule has 1 aliphatic heterocycles. The third kappa shape index (κ3) is 2.99. The van der Waals surface area contributed by atoms with E-state index >= 15 is 0 Å². The van der Waals surface area contributed by atoms with Crippen LogP contribution in [0, 0.1) is 0 Å². The summed E-state index contributed by atoms with van der Waals surface area (Å²) in [6.45, 7) is 4.22. The van der Waals surface area contributed by atoms with Crippen molar-refractivity contribution >= 4 is 6.08 Å². The van der Waals surface area contributed by atoms with Gasteiger partial charge in [0.15, 0.2) is 11.5 Å². The Balaban J connectivity index is 2.17. The largest absolute Gasteiger partial charge is 0.504 e. The Morgan fingerprint density at radius 2 is 2.16 bits per heavy atom. The number of allylic oxidation sites excluding steroid dienone is 3. The van der Waals surface area contributed by atoms with E-state index in [9.17, 15) is 5.11 Å². The van der Waals surface area contributed by atoms with E-state index in [2.05, 4.69) is 37.0 Å². The van der Waals surface area contributed by atoms with Gasteiger partial charge in [0.2, 0.25) is 0 Å². The summed E-state index contributed by atoms with van der Waals surface area (Å²) >= 11 is 0. The van der Waals surface area contributed by atoms with Crippen LogP contribution in [0.5, 0.6) is 11.5 Å². The summed E-state index contributed by atoms with van der Waals surface area (Å²) in [5, 5.41) is 9.74. The maximum Gasteiger partial charge on any atom is 0.160 e. The Morgan fingerprint density at radius 1 is 1.37 bits per heavy atom. The molecule has 0 aromatic heterocycles. The second kappa shape index (κ2) is 5.65. The predicted molar refractivity (Wildman–Crippen MR) is 77.9 cm³/mol. The number of aromatic hydroxyl groups is 1. The molecule has 1 aliphatic rings. The molecule has 1 atom stereocenters. The molecule has 2 rings (SSSR count). The fourth-order valence-corrected chi connectivity index (χ4v) is 2.09. The van der Waals surface area contributed by atoms with Crippen molar-refractivity contribution in [1.29, 1.82) is 0 Å². The Morgan fingerprint density at radius 3 is 2.79 bits per heavy atom. The molecule has 0 bridgehead atoms. The number of rotatable bonds is 3. The molecule has 0 saturated carbocycles. The number of benzene rings is 1. The van der Waals surface area contributed by atoms with Crippen LogP contribution in [0.4, 0.5) is 0 Å². The van der Waals surface area contributed by atoms with Crippen LogP contribution >= 0.6 is 0 Å². The number of phenolic OH excluding ortho intramolecular Hbond substituents is 1. The molecule has 0 fully saturated rings. The van der Waals surface area contributed by atoms with Gasteiger partial charge in [-0.25, -0.2) is 0 Å². The van der Waals surface area contributed by atoms with Gasteiger partial charge in [-0.2, -0.15) is 0 Å².